The zero-order valence-electron chi connectivity index (χ0n) is 13.6. The van der Waals surface area contributed by atoms with Crippen LogP contribution in [0.15, 0.2) is 36.5 Å². The van der Waals surface area contributed by atoms with E-state index < -0.39 is 17.8 Å². The largest absolute Gasteiger partial charge is 0.508 e. The molecular weight excluding hydrogens is 328 g/mol. The van der Waals surface area contributed by atoms with Crippen LogP contribution in [0.5, 0.6) is 11.5 Å². The van der Waals surface area contributed by atoms with Crippen molar-refractivity contribution >= 4 is 23.7 Å². The molecule has 0 radical (unpaired) electrons. The lowest BCUT2D eigenvalue weighted by Gasteiger charge is -2.10. The smallest absolute Gasteiger partial charge is 0.339 e. The van der Waals surface area contributed by atoms with Gasteiger partial charge in [0.2, 0.25) is 0 Å². The predicted molar refractivity (Wildman–Crippen MR) is 87.6 cm³/mol. The maximum Gasteiger partial charge on any atom is 0.339 e. The minimum Gasteiger partial charge on any atom is -0.508 e. The Bertz CT molecular complexity index is 801. The van der Waals surface area contributed by atoms with Crippen LogP contribution >= 0.6 is 0 Å². The summed E-state index contributed by atoms with van der Waals surface area (Å²) in [5, 5.41) is 12.0. The molecule has 0 unspecified atom stereocenters. The van der Waals surface area contributed by atoms with Crippen molar-refractivity contribution in [1.82, 2.24) is 4.98 Å². The van der Waals surface area contributed by atoms with E-state index in [0.29, 0.717) is 0 Å². The molecule has 0 aliphatic carbocycles. The molecule has 0 atom stereocenters. The van der Waals surface area contributed by atoms with Gasteiger partial charge in [0.25, 0.3) is 5.91 Å². The van der Waals surface area contributed by atoms with Crippen LogP contribution in [0.3, 0.4) is 0 Å². The third-order valence-electron chi connectivity index (χ3n) is 2.98. The second-order valence-electron chi connectivity index (χ2n) is 4.88. The number of carbonyl (C=O) groups is 3. The lowest BCUT2D eigenvalue weighted by molar-refractivity contribution is -0.131. The fourth-order valence-electron chi connectivity index (χ4n) is 1.93. The molecule has 0 aliphatic heterocycles. The number of phenols is 1. The van der Waals surface area contributed by atoms with Gasteiger partial charge in [-0.05, 0) is 37.3 Å². The molecule has 1 heterocycles. The van der Waals surface area contributed by atoms with E-state index >= 15 is 0 Å². The van der Waals surface area contributed by atoms with Crippen molar-refractivity contribution in [2.75, 3.05) is 11.9 Å². The molecule has 8 heteroatoms. The summed E-state index contributed by atoms with van der Waals surface area (Å²) in [6.45, 7) is 3.13. The van der Waals surface area contributed by atoms with Crippen molar-refractivity contribution in [1.29, 1.82) is 0 Å². The number of carbonyl (C=O) groups excluding carboxylic acids is 3. The molecule has 2 rings (SSSR count). The summed E-state index contributed by atoms with van der Waals surface area (Å²) >= 11 is 0. The number of aromatic nitrogens is 1. The number of phenolic OH excluding ortho intramolecular Hbond substituents is 1. The molecule has 0 bridgehead atoms. The van der Waals surface area contributed by atoms with Crippen LogP contribution in [0.2, 0.25) is 0 Å². The Hall–Kier alpha value is -3.42. The summed E-state index contributed by atoms with van der Waals surface area (Å²) in [5.41, 5.74) is 0.212. The maximum atomic E-state index is 12.3. The quantitative estimate of drug-likeness (QED) is 0.631. The first kappa shape index (κ1) is 17.9. The minimum absolute atomic E-state index is 0.00550. The van der Waals surface area contributed by atoms with Gasteiger partial charge in [0.1, 0.15) is 17.3 Å². The van der Waals surface area contributed by atoms with Crippen LogP contribution in [0.25, 0.3) is 0 Å². The third-order valence-corrected chi connectivity index (χ3v) is 2.98. The standard InChI is InChI=1S/C17H16N2O6/c1-3-24-17(23)11-4-7-15(18-9-11)19-16(22)13-8-12(21)5-6-14(13)25-10(2)20/h4-9,21H,3H2,1-2H3,(H,18,19,22). The van der Waals surface area contributed by atoms with Gasteiger partial charge in [-0.2, -0.15) is 0 Å². The van der Waals surface area contributed by atoms with E-state index in [4.69, 9.17) is 9.47 Å². The first-order valence-corrected chi connectivity index (χ1v) is 7.36. The number of rotatable bonds is 5. The highest BCUT2D eigenvalue weighted by atomic mass is 16.5. The molecule has 0 aliphatic rings. The predicted octanol–water partition coefficient (Wildman–Crippen LogP) is 2.14. The lowest BCUT2D eigenvalue weighted by Crippen LogP contribution is -2.16. The number of anilines is 1. The van der Waals surface area contributed by atoms with Gasteiger partial charge in [-0.1, -0.05) is 0 Å². The topological polar surface area (TPSA) is 115 Å². The Balaban J connectivity index is 2.18. The van der Waals surface area contributed by atoms with Crippen LogP contribution < -0.4 is 10.1 Å². The summed E-state index contributed by atoms with van der Waals surface area (Å²) < 4.78 is 9.79. The van der Waals surface area contributed by atoms with E-state index in [1.165, 1.54) is 43.5 Å². The summed E-state index contributed by atoms with van der Waals surface area (Å²) in [7, 11) is 0. The van der Waals surface area contributed by atoms with Gasteiger partial charge >= 0.3 is 11.9 Å². The van der Waals surface area contributed by atoms with Crippen molar-refractivity contribution < 1.29 is 29.0 Å². The maximum absolute atomic E-state index is 12.3. The Labute approximate surface area is 143 Å². The SMILES string of the molecule is CCOC(=O)c1ccc(NC(=O)c2cc(O)ccc2OC(C)=O)nc1. The fourth-order valence-corrected chi connectivity index (χ4v) is 1.93. The number of hydrogen-bond donors (Lipinski definition) is 2. The number of amides is 1. The highest BCUT2D eigenvalue weighted by molar-refractivity contribution is 6.06. The Morgan fingerprint density at radius 2 is 1.96 bits per heavy atom. The average Bonchev–Trinajstić information content (AvgIpc) is 2.57. The van der Waals surface area contributed by atoms with Crippen LogP contribution in [0.1, 0.15) is 34.6 Å². The number of nitrogens with zero attached hydrogens (tertiary/aromatic N) is 1. The summed E-state index contributed by atoms with van der Waals surface area (Å²) in [4.78, 5) is 39.0. The summed E-state index contributed by atoms with van der Waals surface area (Å²) in [6.07, 6.45) is 1.27. The molecule has 0 saturated heterocycles. The van der Waals surface area contributed by atoms with Crippen LogP contribution in [0, 0.1) is 0 Å². The Morgan fingerprint density at radius 1 is 1.20 bits per heavy atom. The van der Waals surface area contributed by atoms with E-state index in [1.54, 1.807) is 6.92 Å². The van der Waals surface area contributed by atoms with Crippen LogP contribution in [-0.2, 0) is 9.53 Å². The number of nitrogens with one attached hydrogen (secondary N) is 1. The fraction of sp³-hybridized carbons (Fsp3) is 0.176. The van der Waals surface area contributed by atoms with Crippen LogP contribution in [0.4, 0.5) is 5.82 Å². The van der Waals surface area contributed by atoms with Gasteiger partial charge in [-0.15, -0.1) is 0 Å². The molecule has 0 fully saturated rings. The second-order valence-corrected chi connectivity index (χ2v) is 4.88. The van der Waals surface area contributed by atoms with Gasteiger partial charge in [-0.3, -0.25) is 9.59 Å². The van der Waals surface area contributed by atoms with Gasteiger partial charge in [0, 0.05) is 13.1 Å². The number of ether oxygens (including phenoxy) is 2. The number of aromatic hydroxyl groups is 1. The van der Waals surface area contributed by atoms with E-state index in [9.17, 15) is 19.5 Å². The minimum atomic E-state index is -0.636. The molecule has 25 heavy (non-hydrogen) atoms. The van der Waals surface area contributed by atoms with Gasteiger partial charge in [-0.25, -0.2) is 9.78 Å². The van der Waals surface area contributed by atoms with Gasteiger partial charge in [0.05, 0.1) is 17.7 Å². The molecule has 8 nitrogen and oxygen atoms in total. The van der Waals surface area contributed by atoms with Crippen molar-refractivity contribution in [2.24, 2.45) is 0 Å². The van der Waals surface area contributed by atoms with Crippen molar-refractivity contribution in [2.45, 2.75) is 13.8 Å². The van der Waals surface area contributed by atoms with Crippen molar-refractivity contribution in [3.8, 4) is 11.5 Å². The number of benzene rings is 1. The monoisotopic (exact) mass is 344 g/mol. The summed E-state index contributed by atoms with van der Waals surface area (Å²) in [5.74, 6) is -1.73. The molecule has 2 aromatic rings. The first-order valence-electron chi connectivity index (χ1n) is 7.36. The van der Waals surface area contributed by atoms with Gasteiger partial charge < -0.3 is 19.9 Å². The number of hydrogen-bond acceptors (Lipinski definition) is 7. The van der Waals surface area contributed by atoms with E-state index in [1.807, 2.05) is 0 Å². The normalized spacial score (nSPS) is 10.0. The third kappa shape index (κ3) is 4.77. The first-order chi connectivity index (χ1) is 11.9. The highest BCUT2D eigenvalue weighted by Gasteiger charge is 2.16. The lowest BCUT2D eigenvalue weighted by atomic mass is 10.1. The highest BCUT2D eigenvalue weighted by Crippen LogP contribution is 2.24. The molecule has 0 saturated carbocycles. The number of pyridine rings is 1. The zero-order chi connectivity index (χ0) is 18.4. The molecule has 1 aromatic heterocycles. The Morgan fingerprint density at radius 3 is 2.56 bits per heavy atom. The van der Waals surface area contributed by atoms with Gasteiger partial charge in [0.15, 0.2) is 0 Å². The zero-order valence-corrected chi connectivity index (χ0v) is 13.6. The van der Waals surface area contributed by atoms with E-state index in [2.05, 4.69) is 10.3 Å². The number of esters is 2. The molecule has 1 amide bonds. The second kappa shape index (κ2) is 7.91. The molecule has 1 aromatic carbocycles. The molecule has 2 N–H and O–H groups in total. The molecule has 130 valence electrons. The molecular formula is C17H16N2O6. The van der Waals surface area contributed by atoms with E-state index in [-0.39, 0.29) is 35.1 Å². The van der Waals surface area contributed by atoms with E-state index in [0.717, 1.165) is 0 Å². The molecule has 0 spiro atoms. The van der Waals surface area contributed by atoms with Crippen molar-refractivity contribution in [3.05, 3.63) is 47.7 Å². The van der Waals surface area contributed by atoms with Crippen molar-refractivity contribution in [3.63, 3.8) is 0 Å². The average molecular weight is 344 g/mol. The van der Waals surface area contributed by atoms with Crippen LogP contribution in [-0.4, -0.2) is 34.5 Å². The summed E-state index contributed by atoms with van der Waals surface area (Å²) in [6, 6.07) is 6.65. The Kier molecular flexibility index (Phi) is 5.67.